The molecule has 12 heteroatoms. The van der Waals surface area contributed by atoms with Crippen LogP contribution in [0.4, 0.5) is 0 Å². The zero-order valence-corrected chi connectivity index (χ0v) is 28.0. The van der Waals surface area contributed by atoms with Crippen LogP contribution in [0.15, 0.2) is 18.9 Å². The summed E-state index contributed by atoms with van der Waals surface area (Å²) in [7, 11) is 1.61. The van der Waals surface area contributed by atoms with Crippen molar-refractivity contribution in [3.63, 3.8) is 0 Å². The summed E-state index contributed by atoms with van der Waals surface area (Å²) < 4.78 is 20.0. The normalized spacial score (nSPS) is 37.3. The number of imidazole rings is 1. The lowest BCUT2D eigenvalue weighted by atomic mass is 9.70. The molecular formula is C32H48N4O7S. The summed E-state index contributed by atoms with van der Waals surface area (Å²) in [5.41, 5.74) is -0.452. The number of carbonyl (C=O) groups is 3. The molecule has 0 radical (unpaired) electrons. The van der Waals surface area contributed by atoms with Crippen LogP contribution in [-0.4, -0.2) is 83.9 Å². The van der Waals surface area contributed by atoms with Crippen molar-refractivity contribution in [1.29, 1.82) is 0 Å². The lowest BCUT2D eigenvalue weighted by Crippen LogP contribution is -2.53. The SMILES string of the molecule is CCC1OC(=O)C(C)C(O)C(C)CC(C)(OC)CC(C)C(=O)C(C)C2C(SCCCn3cnc4cncnc43)C(=O)OC12C. The molecular weight excluding hydrogens is 584 g/mol. The molecule has 10 atom stereocenters. The van der Waals surface area contributed by atoms with Crippen molar-refractivity contribution in [2.24, 2.45) is 29.6 Å². The molecule has 244 valence electrons. The van der Waals surface area contributed by atoms with E-state index in [1.54, 1.807) is 33.5 Å². The minimum absolute atomic E-state index is 0.0118. The van der Waals surface area contributed by atoms with Crippen molar-refractivity contribution in [3.8, 4) is 0 Å². The number of ketones is 1. The van der Waals surface area contributed by atoms with Crippen LogP contribution >= 0.6 is 11.8 Å². The molecule has 44 heavy (non-hydrogen) atoms. The Labute approximate surface area is 264 Å². The number of aliphatic hydroxyl groups is 1. The molecule has 4 heterocycles. The molecule has 11 nitrogen and oxygen atoms in total. The Balaban J connectivity index is 1.62. The van der Waals surface area contributed by atoms with Crippen LogP contribution in [0.1, 0.15) is 74.1 Å². The summed E-state index contributed by atoms with van der Waals surface area (Å²) in [4.78, 5) is 53.8. The summed E-state index contributed by atoms with van der Waals surface area (Å²) in [5.74, 6) is -2.86. The number of hydrogen-bond acceptors (Lipinski definition) is 11. The van der Waals surface area contributed by atoms with Gasteiger partial charge in [0.25, 0.3) is 0 Å². The predicted octanol–water partition coefficient (Wildman–Crippen LogP) is 4.25. The van der Waals surface area contributed by atoms with E-state index in [0.717, 1.165) is 17.6 Å². The number of aliphatic hydroxyl groups excluding tert-OH is 1. The number of Topliss-reactive ketones (excluding diaryl/α,β-unsaturated/α-hetero) is 1. The third-order valence-corrected chi connectivity index (χ3v) is 11.2. The van der Waals surface area contributed by atoms with E-state index >= 15 is 0 Å². The monoisotopic (exact) mass is 632 g/mol. The largest absolute Gasteiger partial charge is 0.458 e. The summed E-state index contributed by atoms with van der Waals surface area (Å²) >= 11 is 1.48. The third-order valence-electron chi connectivity index (χ3n) is 9.86. The first-order valence-electron chi connectivity index (χ1n) is 15.7. The molecule has 10 unspecified atom stereocenters. The lowest BCUT2D eigenvalue weighted by molar-refractivity contribution is -0.186. The van der Waals surface area contributed by atoms with Gasteiger partial charge in [-0.05, 0) is 58.1 Å². The Morgan fingerprint density at radius 2 is 1.82 bits per heavy atom. The van der Waals surface area contributed by atoms with Gasteiger partial charge in [-0.2, -0.15) is 0 Å². The highest BCUT2D eigenvalue weighted by Crippen LogP contribution is 2.48. The zero-order valence-electron chi connectivity index (χ0n) is 27.2. The van der Waals surface area contributed by atoms with Gasteiger partial charge in [-0.25, -0.2) is 15.0 Å². The highest BCUT2D eigenvalue weighted by Gasteiger charge is 2.61. The number of ether oxygens (including phenoxy) is 3. The van der Waals surface area contributed by atoms with Crippen LogP contribution in [0.5, 0.6) is 0 Å². The Bertz CT molecular complexity index is 1340. The molecule has 1 N–H and O–H groups in total. The number of methoxy groups -OCH3 is 1. The third kappa shape index (κ3) is 6.82. The number of carbonyl (C=O) groups excluding carboxylic acids is 3. The molecule has 2 saturated heterocycles. The van der Waals surface area contributed by atoms with Crippen LogP contribution in [-0.2, 0) is 35.1 Å². The fourth-order valence-corrected chi connectivity index (χ4v) is 8.78. The molecule has 0 saturated carbocycles. The predicted molar refractivity (Wildman–Crippen MR) is 167 cm³/mol. The van der Waals surface area contributed by atoms with E-state index in [0.29, 0.717) is 31.6 Å². The van der Waals surface area contributed by atoms with Crippen molar-refractivity contribution in [2.45, 2.75) is 109 Å². The summed E-state index contributed by atoms with van der Waals surface area (Å²) in [6.45, 7) is 13.6. The fraction of sp³-hybridized carbons (Fsp3) is 0.750. The van der Waals surface area contributed by atoms with E-state index in [-0.39, 0.29) is 17.6 Å². The molecule has 2 aromatic rings. The molecule has 2 fully saturated rings. The second-order valence-electron chi connectivity index (χ2n) is 13.2. The lowest BCUT2D eigenvalue weighted by Gasteiger charge is -2.42. The average molecular weight is 633 g/mol. The Hall–Kier alpha value is -2.57. The zero-order chi connectivity index (χ0) is 32.4. The number of aryl methyl sites for hydroxylation is 1. The topological polar surface area (TPSA) is 143 Å². The first-order chi connectivity index (χ1) is 20.8. The van der Waals surface area contributed by atoms with Gasteiger partial charge in [0, 0.05) is 31.4 Å². The highest BCUT2D eigenvalue weighted by atomic mass is 32.2. The number of thioether (sulfide) groups is 1. The molecule has 0 amide bonds. The quantitative estimate of drug-likeness (QED) is 0.346. The molecule has 2 aromatic heterocycles. The van der Waals surface area contributed by atoms with Crippen molar-refractivity contribution >= 4 is 40.6 Å². The molecule has 2 aliphatic rings. The molecule has 4 rings (SSSR count). The minimum Gasteiger partial charge on any atom is -0.458 e. The number of hydrogen-bond donors (Lipinski definition) is 1. The molecule has 0 bridgehead atoms. The maximum Gasteiger partial charge on any atom is 0.320 e. The number of fused-ring (bicyclic) bond motifs is 2. The van der Waals surface area contributed by atoms with Gasteiger partial charge in [-0.1, -0.05) is 27.7 Å². The average Bonchev–Trinajstić information content (AvgIpc) is 3.53. The Kier molecular flexibility index (Phi) is 10.8. The van der Waals surface area contributed by atoms with Crippen LogP contribution < -0.4 is 0 Å². The van der Waals surface area contributed by atoms with Gasteiger partial charge in [-0.15, -0.1) is 11.8 Å². The maximum atomic E-state index is 14.1. The highest BCUT2D eigenvalue weighted by molar-refractivity contribution is 8.00. The van der Waals surface area contributed by atoms with Gasteiger partial charge in [-0.3, -0.25) is 14.4 Å². The molecule has 2 aliphatic heterocycles. The first-order valence-corrected chi connectivity index (χ1v) is 16.7. The number of aromatic nitrogens is 4. The number of nitrogens with zero attached hydrogens (tertiary/aromatic N) is 4. The van der Waals surface area contributed by atoms with Gasteiger partial charge in [0.2, 0.25) is 0 Å². The van der Waals surface area contributed by atoms with E-state index in [4.69, 9.17) is 14.2 Å². The summed E-state index contributed by atoms with van der Waals surface area (Å²) in [6, 6.07) is 0. The molecule has 0 aromatic carbocycles. The van der Waals surface area contributed by atoms with E-state index in [9.17, 15) is 19.5 Å². The fourth-order valence-electron chi connectivity index (χ4n) is 7.34. The Morgan fingerprint density at radius 1 is 1.09 bits per heavy atom. The Morgan fingerprint density at radius 3 is 2.50 bits per heavy atom. The molecule has 0 spiro atoms. The van der Waals surface area contributed by atoms with Crippen LogP contribution in [0.2, 0.25) is 0 Å². The van der Waals surface area contributed by atoms with Crippen LogP contribution in [0.3, 0.4) is 0 Å². The van der Waals surface area contributed by atoms with Crippen molar-refractivity contribution in [1.82, 2.24) is 19.5 Å². The first kappa shape index (κ1) is 34.3. The molecule has 0 aliphatic carbocycles. The van der Waals surface area contributed by atoms with Gasteiger partial charge in [0.05, 0.1) is 30.1 Å². The van der Waals surface area contributed by atoms with Crippen molar-refractivity contribution < 1.29 is 33.7 Å². The van der Waals surface area contributed by atoms with Crippen LogP contribution in [0, 0.1) is 29.6 Å². The van der Waals surface area contributed by atoms with Crippen molar-refractivity contribution in [2.75, 3.05) is 12.9 Å². The summed E-state index contributed by atoms with van der Waals surface area (Å²) in [6.07, 6.45) is 5.16. The minimum atomic E-state index is -1.23. The second-order valence-corrected chi connectivity index (χ2v) is 14.4. The van der Waals surface area contributed by atoms with Gasteiger partial charge in [0.1, 0.15) is 29.0 Å². The van der Waals surface area contributed by atoms with Crippen molar-refractivity contribution in [3.05, 3.63) is 18.9 Å². The van der Waals surface area contributed by atoms with Crippen LogP contribution in [0.25, 0.3) is 11.2 Å². The standard InChI is InChI=1S/C32H48N4O7S/c1-9-23-32(7)24(27(30(40)43-32)44-12-10-11-36-17-35-22-15-33-16-34-28(22)36)20(4)25(37)18(2)13-31(6,41-8)14-19(3)26(38)21(5)29(39)42-23/h15-21,23-24,26-27,38H,9-14H2,1-8H3. The van der Waals surface area contributed by atoms with E-state index < -0.39 is 58.4 Å². The van der Waals surface area contributed by atoms with E-state index in [1.807, 2.05) is 39.2 Å². The van der Waals surface area contributed by atoms with Gasteiger partial charge >= 0.3 is 11.9 Å². The maximum absolute atomic E-state index is 14.1. The van der Waals surface area contributed by atoms with Gasteiger partial charge in [0.15, 0.2) is 11.2 Å². The second kappa shape index (κ2) is 13.8. The van der Waals surface area contributed by atoms with E-state index in [2.05, 4.69) is 15.0 Å². The number of rotatable bonds is 7. The smallest absolute Gasteiger partial charge is 0.320 e. The summed E-state index contributed by atoms with van der Waals surface area (Å²) in [5, 5.41) is 10.5. The number of esters is 2. The number of cyclic esters (lactones) is 1. The van der Waals surface area contributed by atoms with Gasteiger partial charge < -0.3 is 23.9 Å². The van der Waals surface area contributed by atoms with E-state index in [1.165, 1.54) is 18.1 Å².